The van der Waals surface area contributed by atoms with Gasteiger partial charge in [0.05, 0.1) is 17.6 Å². The van der Waals surface area contributed by atoms with Crippen LogP contribution in [0.3, 0.4) is 0 Å². The number of aromatic nitrogens is 2. The van der Waals surface area contributed by atoms with E-state index in [1.165, 1.54) is 6.20 Å². The van der Waals surface area contributed by atoms with Gasteiger partial charge in [-0.3, -0.25) is 0 Å². The molecule has 164 valence electrons. The predicted molar refractivity (Wildman–Crippen MR) is 117 cm³/mol. The molecule has 2 aromatic heterocycles. The molecule has 1 aliphatic rings. The lowest BCUT2D eigenvalue weighted by molar-refractivity contribution is -0.0221. The molecule has 1 saturated heterocycles. The van der Waals surface area contributed by atoms with Gasteiger partial charge in [-0.1, -0.05) is 11.6 Å². The topological polar surface area (TPSA) is 93.3 Å². The van der Waals surface area contributed by atoms with Crippen molar-refractivity contribution in [3.05, 3.63) is 47.2 Å². The Morgan fingerprint density at radius 1 is 1.26 bits per heavy atom. The van der Waals surface area contributed by atoms with Crippen molar-refractivity contribution in [2.45, 2.75) is 25.2 Å². The number of aliphatic hydroxyl groups excluding tert-OH is 1. The number of carbonyl (C=O) groups is 1. The van der Waals surface area contributed by atoms with E-state index in [1.807, 2.05) is 6.07 Å². The van der Waals surface area contributed by atoms with Gasteiger partial charge in [0.2, 0.25) is 0 Å². The number of amides is 2. The lowest BCUT2D eigenvalue weighted by atomic mass is 10.1. The van der Waals surface area contributed by atoms with Crippen LogP contribution in [0.1, 0.15) is 18.4 Å². The van der Waals surface area contributed by atoms with Gasteiger partial charge in [0, 0.05) is 54.7 Å². The average molecular weight is 450 g/mol. The zero-order valence-electron chi connectivity index (χ0n) is 16.6. The fourth-order valence-electron chi connectivity index (χ4n) is 3.69. The molecule has 31 heavy (non-hydrogen) atoms. The average Bonchev–Trinajstić information content (AvgIpc) is 3.10. The van der Waals surface area contributed by atoms with Crippen molar-refractivity contribution in [3.8, 4) is 0 Å². The van der Waals surface area contributed by atoms with Gasteiger partial charge in [-0.05, 0) is 36.2 Å². The molecule has 1 aliphatic heterocycles. The first-order valence-electron chi connectivity index (χ1n) is 9.92. The first-order chi connectivity index (χ1) is 14.8. The van der Waals surface area contributed by atoms with Gasteiger partial charge in [0.25, 0.3) is 5.92 Å². The molecule has 0 saturated carbocycles. The molecule has 0 bridgehead atoms. The van der Waals surface area contributed by atoms with Crippen LogP contribution in [0.5, 0.6) is 0 Å². The minimum absolute atomic E-state index is 0.121. The fraction of sp³-hybridized carbons (Fsp3) is 0.333. The number of benzene rings is 1. The van der Waals surface area contributed by atoms with Gasteiger partial charge in [0.1, 0.15) is 5.82 Å². The zero-order chi connectivity index (χ0) is 22.0. The van der Waals surface area contributed by atoms with Crippen LogP contribution < -0.4 is 15.5 Å². The van der Waals surface area contributed by atoms with E-state index in [0.717, 1.165) is 10.9 Å². The summed E-state index contributed by atoms with van der Waals surface area (Å²) in [6, 6.07) is 6.56. The van der Waals surface area contributed by atoms with Gasteiger partial charge in [-0.15, -0.1) is 0 Å². The van der Waals surface area contributed by atoms with E-state index < -0.39 is 12.0 Å². The molecular formula is C21H22ClF2N5O2. The molecule has 4 N–H and O–H groups in total. The van der Waals surface area contributed by atoms with Crippen LogP contribution >= 0.6 is 11.6 Å². The lowest BCUT2D eigenvalue weighted by Gasteiger charge is -2.33. The third-order valence-corrected chi connectivity index (χ3v) is 5.50. The molecule has 0 atom stereocenters. The largest absolute Gasteiger partial charge is 0.396 e. The fourth-order valence-corrected chi connectivity index (χ4v) is 3.86. The van der Waals surface area contributed by atoms with Crippen LogP contribution in [0.25, 0.3) is 10.9 Å². The Kier molecular flexibility index (Phi) is 5.97. The smallest absolute Gasteiger partial charge is 0.323 e. The molecule has 0 unspecified atom stereocenters. The van der Waals surface area contributed by atoms with E-state index in [4.69, 9.17) is 11.6 Å². The van der Waals surface area contributed by atoms with Crippen LogP contribution in [-0.2, 0) is 6.42 Å². The Morgan fingerprint density at radius 2 is 2.03 bits per heavy atom. The second-order valence-electron chi connectivity index (χ2n) is 7.49. The highest BCUT2D eigenvalue weighted by molar-refractivity contribution is 6.31. The SMILES string of the molecule is O=C(Nc1cnc(N2CCC(F)(F)CC2)c(CCO)c1)Nc1c[nH]c2ccc(Cl)cc12. The number of piperidine rings is 1. The number of urea groups is 1. The minimum atomic E-state index is -2.65. The van der Waals surface area contributed by atoms with Crippen LogP contribution in [0.15, 0.2) is 36.7 Å². The second-order valence-corrected chi connectivity index (χ2v) is 7.93. The van der Waals surface area contributed by atoms with E-state index in [2.05, 4.69) is 20.6 Å². The number of H-pyrrole nitrogens is 1. The number of rotatable bonds is 5. The van der Waals surface area contributed by atoms with E-state index in [9.17, 15) is 18.7 Å². The number of aromatic amines is 1. The molecule has 0 radical (unpaired) electrons. The third kappa shape index (κ3) is 4.88. The van der Waals surface area contributed by atoms with Crippen LogP contribution in [0.2, 0.25) is 5.02 Å². The number of hydrogen-bond donors (Lipinski definition) is 4. The summed E-state index contributed by atoms with van der Waals surface area (Å²) < 4.78 is 26.9. The standard InChI is InChI=1S/C21H22ClF2N5O2/c22-14-1-2-17-16(10-14)18(12-25-17)28-20(31)27-15-9-13(3-8-30)19(26-11-15)29-6-4-21(23,24)5-7-29/h1-2,9-12,25,30H,3-8H2,(H2,27,28,31). The van der Waals surface area contributed by atoms with Crippen molar-refractivity contribution < 1.29 is 18.7 Å². The van der Waals surface area contributed by atoms with E-state index in [-0.39, 0.29) is 32.5 Å². The Morgan fingerprint density at radius 3 is 2.77 bits per heavy atom. The second kappa shape index (κ2) is 8.68. The predicted octanol–water partition coefficient (Wildman–Crippen LogP) is 4.63. The summed E-state index contributed by atoms with van der Waals surface area (Å²) in [6.07, 6.45) is 2.99. The number of hydrogen-bond acceptors (Lipinski definition) is 4. The Balaban J connectivity index is 1.48. The molecule has 0 aliphatic carbocycles. The summed E-state index contributed by atoms with van der Waals surface area (Å²) in [5.41, 5.74) is 2.53. The van der Waals surface area contributed by atoms with Gasteiger partial charge >= 0.3 is 6.03 Å². The molecule has 10 heteroatoms. The highest BCUT2D eigenvalue weighted by Crippen LogP contribution is 2.32. The summed E-state index contributed by atoms with van der Waals surface area (Å²) in [4.78, 5) is 21.7. The Bertz CT molecular complexity index is 1090. The maximum absolute atomic E-state index is 13.5. The normalized spacial score (nSPS) is 15.8. The van der Waals surface area contributed by atoms with Crippen molar-refractivity contribution in [3.63, 3.8) is 0 Å². The number of anilines is 3. The quantitative estimate of drug-likeness (QED) is 0.457. The third-order valence-electron chi connectivity index (χ3n) is 5.27. The van der Waals surface area contributed by atoms with Crippen molar-refractivity contribution in [2.24, 2.45) is 0 Å². The maximum atomic E-state index is 13.5. The molecule has 0 spiro atoms. The van der Waals surface area contributed by atoms with Gasteiger partial charge in [0.15, 0.2) is 0 Å². The van der Waals surface area contributed by atoms with Crippen LogP contribution in [0.4, 0.5) is 30.8 Å². The van der Waals surface area contributed by atoms with Crippen molar-refractivity contribution >= 4 is 45.7 Å². The molecular weight excluding hydrogens is 428 g/mol. The monoisotopic (exact) mass is 449 g/mol. The van der Waals surface area contributed by atoms with E-state index in [0.29, 0.717) is 34.2 Å². The molecule has 3 aromatic rings. The number of nitrogens with zero attached hydrogens (tertiary/aromatic N) is 2. The highest BCUT2D eigenvalue weighted by Gasteiger charge is 2.34. The summed E-state index contributed by atoms with van der Waals surface area (Å²) in [5, 5.41) is 16.2. The summed E-state index contributed by atoms with van der Waals surface area (Å²) in [7, 11) is 0. The van der Waals surface area contributed by atoms with E-state index in [1.54, 1.807) is 29.3 Å². The number of halogens is 3. The van der Waals surface area contributed by atoms with E-state index >= 15 is 0 Å². The minimum Gasteiger partial charge on any atom is -0.396 e. The molecule has 4 rings (SSSR count). The first kappa shape index (κ1) is 21.3. The molecule has 3 heterocycles. The van der Waals surface area contributed by atoms with Crippen molar-refractivity contribution in [1.82, 2.24) is 9.97 Å². The van der Waals surface area contributed by atoms with Gasteiger partial charge in [-0.2, -0.15) is 0 Å². The highest BCUT2D eigenvalue weighted by atomic mass is 35.5. The molecule has 7 nitrogen and oxygen atoms in total. The molecule has 2 amide bonds. The van der Waals surface area contributed by atoms with Gasteiger partial charge < -0.3 is 25.6 Å². The van der Waals surface area contributed by atoms with Crippen molar-refractivity contribution in [1.29, 1.82) is 0 Å². The number of aliphatic hydroxyl groups is 1. The van der Waals surface area contributed by atoms with Crippen LogP contribution in [0, 0.1) is 0 Å². The number of nitrogens with one attached hydrogen (secondary N) is 3. The van der Waals surface area contributed by atoms with Crippen LogP contribution in [-0.4, -0.2) is 46.7 Å². The zero-order valence-corrected chi connectivity index (χ0v) is 17.3. The summed E-state index contributed by atoms with van der Waals surface area (Å²) in [6.45, 7) is 0.258. The summed E-state index contributed by atoms with van der Waals surface area (Å²) in [5.74, 6) is -2.10. The maximum Gasteiger partial charge on any atom is 0.323 e. The van der Waals surface area contributed by atoms with Gasteiger partial charge in [-0.25, -0.2) is 18.6 Å². The number of fused-ring (bicyclic) bond motifs is 1. The Hall–Kier alpha value is -2.91. The first-order valence-corrected chi connectivity index (χ1v) is 10.3. The molecule has 1 aromatic carbocycles. The summed E-state index contributed by atoms with van der Waals surface area (Å²) >= 11 is 6.04. The number of carbonyl (C=O) groups excluding carboxylic acids is 1. The van der Waals surface area contributed by atoms with Crippen molar-refractivity contribution in [2.75, 3.05) is 35.2 Å². The number of pyridine rings is 1. The lowest BCUT2D eigenvalue weighted by Crippen LogP contribution is -2.40. The number of alkyl halides is 2. The molecule has 1 fully saturated rings. The Labute approximate surface area is 182 Å².